The number of nitrogens with zero attached hydrogens (tertiary/aromatic N) is 1. The highest BCUT2D eigenvalue weighted by atomic mass is 16.5. The third-order valence-electron chi connectivity index (χ3n) is 4.45. The minimum Gasteiger partial charge on any atom is -0.465 e. The third-order valence-corrected chi connectivity index (χ3v) is 4.45. The quantitative estimate of drug-likeness (QED) is 0.736. The first kappa shape index (κ1) is 12.9. The number of aryl methyl sites for hydroxylation is 1. The summed E-state index contributed by atoms with van der Waals surface area (Å²) in [7, 11) is 0. The van der Waals surface area contributed by atoms with Crippen molar-refractivity contribution in [1.82, 2.24) is 4.90 Å². The van der Waals surface area contributed by atoms with Crippen LogP contribution in [0.15, 0.2) is 29.2 Å². The maximum Gasteiger partial charge on any atom is 0.118 e. The van der Waals surface area contributed by atoms with Crippen molar-refractivity contribution >= 4 is 0 Å². The first-order valence-electron chi connectivity index (χ1n) is 7.36. The lowest BCUT2D eigenvalue weighted by Gasteiger charge is -2.26. The van der Waals surface area contributed by atoms with Crippen LogP contribution in [0.2, 0.25) is 0 Å². The molecule has 0 radical (unpaired) electrons. The summed E-state index contributed by atoms with van der Waals surface area (Å²) in [6, 6.07) is 4.78. The Labute approximate surface area is 115 Å². The van der Waals surface area contributed by atoms with Gasteiger partial charge in [-0.15, -0.1) is 6.58 Å². The van der Waals surface area contributed by atoms with Crippen molar-refractivity contribution in [3.63, 3.8) is 0 Å². The standard InChI is InChI=1S/C16H23NO2/c1-3-9-18-16-12-5-8-15(16)17(10-12)11-14-7-6-13(4-2)19-14/h3,6-7,12,15-16H,1,4-5,8-11H2,2H3/t12-,15+,16-/m0/s1. The highest BCUT2D eigenvalue weighted by molar-refractivity contribution is 5.09. The summed E-state index contributed by atoms with van der Waals surface area (Å²) in [6.45, 7) is 8.61. The molecular formula is C16H23NO2. The van der Waals surface area contributed by atoms with Gasteiger partial charge in [-0.1, -0.05) is 13.0 Å². The van der Waals surface area contributed by atoms with E-state index in [2.05, 4.69) is 30.5 Å². The van der Waals surface area contributed by atoms with Gasteiger partial charge < -0.3 is 9.15 Å². The number of rotatable bonds is 6. The molecule has 2 aliphatic rings. The van der Waals surface area contributed by atoms with Gasteiger partial charge >= 0.3 is 0 Å². The zero-order chi connectivity index (χ0) is 13.2. The van der Waals surface area contributed by atoms with Crippen LogP contribution in [0.3, 0.4) is 0 Å². The average molecular weight is 261 g/mol. The van der Waals surface area contributed by atoms with Crippen LogP contribution >= 0.6 is 0 Å². The second-order valence-electron chi connectivity index (χ2n) is 5.64. The fourth-order valence-electron chi connectivity index (χ4n) is 3.56. The van der Waals surface area contributed by atoms with E-state index >= 15 is 0 Å². The van der Waals surface area contributed by atoms with Crippen molar-refractivity contribution in [2.24, 2.45) is 5.92 Å². The van der Waals surface area contributed by atoms with Crippen molar-refractivity contribution in [2.45, 2.75) is 44.9 Å². The zero-order valence-corrected chi connectivity index (χ0v) is 11.7. The van der Waals surface area contributed by atoms with Crippen molar-refractivity contribution in [1.29, 1.82) is 0 Å². The van der Waals surface area contributed by atoms with Gasteiger partial charge in [0, 0.05) is 19.0 Å². The Morgan fingerprint density at radius 2 is 2.26 bits per heavy atom. The van der Waals surface area contributed by atoms with E-state index in [4.69, 9.17) is 9.15 Å². The van der Waals surface area contributed by atoms with Gasteiger partial charge in [-0.2, -0.15) is 0 Å². The summed E-state index contributed by atoms with van der Waals surface area (Å²) >= 11 is 0. The van der Waals surface area contributed by atoms with Crippen LogP contribution in [-0.2, 0) is 17.7 Å². The molecule has 2 heterocycles. The summed E-state index contributed by atoms with van der Waals surface area (Å²) in [6.07, 6.45) is 5.78. The molecule has 3 nitrogen and oxygen atoms in total. The van der Waals surface area contributed by atoms with Crippen molar-refractivity contribution in [2.75, 3.05) is 13.2 Å². The Morgan fingerprint density at radius 1 is 1.42 bits per heavy atom. The fourth-order valence-corrected chi connectivity index (χ4v) is 3.56. The Hall–Kier alpha value is -1.06. The van der Waals surface area contributed by atoms with E-state index in [0.29, 0.717) is 24.7 Å². The summed E-state index contributed by atoms with van der Waals surface area (Å²) in [5.74, 6) is 2.87. The molecule has 1 saturated carbocycles. The smallest absolute Gasteiger partial charge is 0.118 e. The molecule has 1 aliphatic carbocycles. The highest BCUT2D eigenvalue weighted by Gasteiger charge is 2.47. The van der Waals surface area contributed by atoms with E-state index < -0.39 is 0 Å². The van der Waals surface area contributed by atoms with E-state index in [0.717, 1.165) is 31.0 Å². The van der Waals surface area contributed by atoms with Gasteiger partial charge in [0.2, 0.25) is 0 Å². The van der Waals surface area contributed by atoms with Gasteiger partial charge in [0.15, 0.2) is 0 Å². The fraction of sp³-hybridized carbons (Fsp3) is 0.625. The van der Waals surface area contributed by atoms with Crippen LogP contribution in [0.1, 0.15) is 31.3 Å². The summed E-state index contributed by atoms with van der Waals surface area (Å²) < 4.78 is 11.8. The van der Waals surface area contributed by atoms with Crippen LogP contribution in [0.25, 0.3) is 0 Å². The maximum atomic E-state index is 5.94. The average Bonchev–Trinajstić information content (AvgIpc) is 3.10. The second kappa shape index (κ2) is 5.51. The lowest BCUT2D eigenvalue weighted by atomic mass is 10.1. The van der Waals surface area contributed by atoms with Crippen LogP contribution in [0.4, 0.5) is 0 Å². The number of piperidine rings is 1. The van der Waals surface area contributed by atoms with Gasteiger partial charge in [0.05, 0.1) is 19.3 Å². The number of ether oxygens (including phenoxy) is 1. The molecule has 0 N–H and O–H groups in total. The number of hydrogen-bond acceptors (Lipinski definition) is 3. The molecule has 2 bridgehead atoms. The Morgan fingerprint density at radius 3 is 3.00 bits per heavy atom. The number of furan rings is 1. The van der Waals surface area contributed by atoms with Crippen molar-refractivity contribution < 1.29 is 9.15 Å². The van der Waals surface area contributed by atoms with Crippen molar-refractivity contribution in [3.05, 3.63) is 36.3 Å². The molecule has 3 heteroatoms. The molecule has 3 atom stereocenters. The molecule has 3 rings (SSSR count). The Bertz CT molecular complexity index is 440. The molecule has 1 saturated heterocycles. The van der Waals surface area contributed by atoms with Crippen molar-refractivity contribution in [3.8, 4) is 0 Å². The molecule has 0 aromatic carbocycles. The summed E-state index contributed by atoms with van der Waals surface area (Å²) in [5.41, 5.74) is 0. The van der Waals surface area contributed by atoms with Gasteiger partial charge in [-0.3, -0.25) is 4.90 Å². The molecule has 19 heavy (non-hydrogen) atoms. The Kier molecular flexibility index (Phi) is 3.76. The van der Waals surface area contributed by atoms with Crippen LogP contribution in [0.5, 0.6) is 0 Å². The molecule has 0 spiro atoms. The van der Waals surface area contributed by atoms with E-state index in [1.807, 2.05) is 6.08 Å². The molecule has 1 aromatic rings. The normalized spacial score (nSPS) is 30.1. The van der Waals surface area contributed by atoms with Gasteiger partial charge in [0.1, 0.15) is 11.5 Å². The Balaban J connectivity index is 1.62. The number of hydrogen-bond donors (Lipinski definition) is 0. The van der Waals surface area contributed by atoms with E-state index in [1.54, 1.807) is 0 Å². The van der Waals surface area contributed by atoms with E-state index in [-0.39, 0.29) is 0 Å². The SMILES string of the molecule is C=CCO[C@H]1[C@H]2CC[C@H]1N(Cc1ccc(CC)o1)C2. The highest BCUT2D eigenvalue weighted by Crippen LogP contribution is 2.40. The topological polar surface area (TPSA) is 25.6 Å². The monoisotopic (exact) mass is 261 g/mol. The lowest BCUT2D eigenvalue weighted by Crippen LogP contribution is -2.34. The molecular weight excluding hydrogens is 238 g/mol. The van der Waals surface area contributed by atoms with Crippen LogP contribution in [0, 0.1) is 5.92 Å². The van der Waals surface area contributed by atoms with E-state index in [9.17, 15) is 0 Å². The largest absolute Gasteiger partial charge is 0.465 e. The number of fused-ring (bicyclic) bond motifs is 2. The zero-order valence-electron chi connectivity index (χ0n) is 11.7. The number of likely N-dealkylation sites (tertiary alicyclic amines) is 1. The summed E-state index contributed by atoms with van der Waals surface area (Å²) in [5, 5.41) is 0. The molecule has 104 valence electrons. The lowest BCUT2D eigenvalue weighted by molar-refractivity contribution is 0.0437. The minimum absolute atomic E-state index is 0.401. The molecule has 1 aliphatic heterocycles. The van der Waals surface area contributed by atoms with Crippen LogP contribution in [-0.4, -0.2) is 30.2 Å². The molecule has 2 fully saturated rings. The molecule has 0 unspecified atom stereocenters. The predicted octanol–water partition coefficient (Wildman–Crippen LogP) is 3.01. The van der Waals surface area contributed by atoms with Gasteiger partial charge in [-0.05, 0) is 30.9 Å². The first-order chi connectivity index (χ1) is 9.31. The minimum atomic E-state index is 0.401. The van der Waals surface area contributed by atoms with Gasteiger partial charge in [0.25, 0.3) is 0 Å². The van der Waals surface area contributed by atoms with Crippen LogP contribution < -0.4 is 0 Å². The third kappa shape index (κ3) is 2.49. The summed E-state index contributed by atoms with van der Waals surface area (Å²) in [4.78, 5) is 2.53. The van der Waals surface area contributed by atoms with E-state index in [1.165, 1.54) is 12.8 Å². The molecule has 1 aromatic heterocycles. The first-order valence-corrected chi connectivity index (χ1v) is 7.36. The maximum absolute atomic E-state index is 5.94. The molecule has 0 amide bonds. The second-order valence-corrected chi connectivity index (χ2v) is 5.64. The van der Waals surface area contributed by atoms with Gasteiger partial charge in [-0.25, -0.2) is 0 Å². The predicted molar refractivity (Wildman–Crippen MR) is 74.9 cm³/mol.